The molecule has 0 radical (unpaired) electrons. The topological polar surface area (TPSA) is 61.4 Å². The van der Waals surface area contributed by atoms with E-state index in [2.05, 4.69) is 10.6 Å². The van der Waals surface area contributed by atoms with E-state index < -0.39 is 0 Å². The molecule has 1 aromatic rings. The summed E-state index contributed by atoms with van der Waals surface area (Å²) in [5.74, 6) is 0.592. The Labute approximate surface area is 137 Å². The average Bonchev–Trinajstić information content (AvgIpc) is 3.01. The Balaban J connectivity index is 1.62. The quantitative estimate of drug-likeness (QED) is 0.900. The highest BCUT2D eigenvalue weighted by molar-refractivity contribution is 5.89. The van der Waals surface area contributed by atoms with Crippen molar-refractivity contribution < 1.29 is 9.59 Å². The van der Waals surface area contributed by atoms with Crippen LogP contribution in [0, 0.1) is 5.92 Å². The first-order valence-electron chi connectivity index (χ1n) is 8.55. The van der Waals surface area contributed by atoms with Gasteiger partial charge in [0.1, 0.15) is 0 Å². The van der Waals surface area contributed by atoms with Gasteiger partial charge in [-0.05, 0) is 43.2 Å². The van der Waals surface area contributed by atoms with Crippen LogP contribution < -0.4 is 10.6 Å². The molecule has 3 rings (SSSR count). The van der Waals surface area contributed by atoms with Gasteiger partial charge in [0.2, 0.25) is 5.91 Å². The lowest BCUT2D eigenvalue weighted by atomic mass is 9.92. The van der Waals surface area contributed by atoms with Crippen molar-refractivity contribution >= 4 is 17.6 Å². The molecule has 3 amide bonds. The Bertz CT molecular complexity index is 587. The van der Waals surface area contributed by atoms with Crippen molar-refractivity contribution in [1.82, 2.24) is 10.2 Å². The first-order chi connectivity index (χ1) is 11.1. The number of nitrogens with zero attached hydrogens (tertiary/aromatic N) is 1. The number of piperidine rings is 1. The highest BCUT2D eigenvalue weighted by atomic mass is 16.2. The molecule has 1 heterocycles. The maximum atomic E-state index is 12.6. The summed E-state index contributed by atoms with van der Waals surface area (Å²) >= 11 is 0. The van der Waals surface area contributed by atoms with Crippen LogP contribution in [-0.4, -0.2) is 29.4 Å². The van der Waals surface area contributed by atoms with Crippen LogP contribution >= 0.6 is 0 Å². The lowest BCUT2D eigenvalue weighted by Crippen LogP contribution is -2.50. The maximum Gasteiger partial charge on any atom is 0.317 e. The standard InChI is InChI=1S/C18H25N3O2/c1-13(22)20-16-9-3-2-6-15(16)12-19-18(23)21-11-5-8-14-7-4-10-17(14)21/h2-3,6,9,14,17H,4-5,7-8,10-12H2,1H3,(H,19,23)(H,20,22)/t14-,17-/m0/s1. The number of fused-ring (bicyclic) bond motifs is 1. The third kappa shape index (κ3) is 3.66. The van der Waals surface area contributed by atoms with Gasteiger partial charge in [-0.2, -0.15) is 0 Å². The number of amides is 3. The second kappa shape index (κ2) is 7.02. The molecule has 23 heavy (non-hydrogen) atoms. The third-order valence-electron chi connectivity index (χ3n) is 5.01. The number of anilines is 1. The zero-order valence-corrected chi connectivity index (χ0v) is 13.7. The Morgan fingerprint density at radius 2 is 1.96 bits per heavy atom. The fourth-order valence-corrected chi connectivity index (χ4v) is 3.96. The molecule has 2 N–H and O–H groups in total. The van der Waals surface area contributed by atoms with Crippen molar-refractivity contribution in [1.29, 1.82) is 0 Å². The smallest absolute Gasteiger partial charge is 0.317 e. The van der Waals surface area contributed by atoms with Gasteiger partial charge in [-0.15, -0.1) is 0 Å². The summed E-state index contributed by atoms with van der Waals surface area (Å²) < 4.78 is 0. The number of hydrogen-bond acceptors (Lipinski definition) is 2. The molecule has 2 aliphatic rings. The molecular formula is C18H25N3O2. The number of para-hydroxylation sites is 1. The van der Waals surface area contributed by atoms with Crippen molar-refractivity contribution in [3.05, 3.63) is 29.8 Å². The predicted octanol–water partition coefficient (Wildman–Crippen LogP) is 3.12. The molecule has 1 aliphatic heterocycles. The van der Waals surface area contributed by atoms with E-state index in [0.29, 0.717) is 18.5 Å². The molecule has 124 valence electrons. The Morgan fingerprint density at radius 3 is 2.78 bits per heavy atom. The first-order valence-corrected chi connectivity index (χ1v) is 8.55. The molecule has 1 aliphatic carbocycles. The van der Waals surface area contributed by atoms with E-state index in [9.17, 15) is 9.59 Å². The lowest BCUT2D eigenvalue weighted by Gasteiger charge is -2.37. The number of benzene rings is 1. The third-order valence-corrected chi connectivity index (χ3v) is 5.01. The Hall–Kier alpha value is -2.04. The molecule has 0 bridgehead atoms. The first kappa shape index (κ1) is 15.8. The van der Waals surface area contributed by atoms with E-state index >= 15 is 0 Å². The van der Waals surface area contributed by atoms with Gasteiger partial charge in [0, 0.05) is 31.7 Å². The van der Waals surface area contributed by atoms with Gasteiger partial charge in [-0.3, -0.25) is 4.79 Å². The molecule has 5 heteroatoms. The number of carbonyl (C=O) groups is 2. The molecule has 0 aromatic heterocycles. The van der Waals surface area contributed by atoms with E-state index in [1.165, 1.54) is 26.2 Å². The molecule has 1 saturated heterocycles. The summed E-state index contributed by atoms with van der Waals surface area (Å²) in [5.41, 5.74) is 1.69. The second-order valence-electron chi connectivity index (χ2n) is 6.59. The SMILES string of the molecule is CC(=O)Nc1ccccc1CNC(=O)N1CCC[C@@H]2CCC[C@@H]21. The fourth-order valence-electron chi connectivity index (χ4n) is 3.96. The van der Waals surface area contributed by atoms with Crippen molar-refractivity contribution in [2.75, 3.05) is 11.9 Å². The van der Waals surface area contributed by atoms with E-state index in [1.54, 1.807) is 0 Å². The van der Waals surface area contributed by atoms with E-state index in [4.69, 9.17) is 0 Å². The number of rotatable bonds is 3. The molecule has 0 spiro atoms. The molecule has 0 unspecified atom stereocenters. The fraction of sp³-hybridized carbons (Fsp3) is 0.556. The van der Waals surface area contributed by atoms with Crippen LogP contribution in [0.5, 0.6) is 0 Å². The van der Waals surface area contributed by atoms with Crippen molar-refractivity contribution in [3.63, 3.8) is 0 Å². The molecule has 2 atom stereocenters. The summed E-state index contributed by atoms with van der Waals surface area (Å²) in [6.07, 6.45) is 6.02. The summed E-state index contributed by atoms with van der Waals surface area (Å²) in [4.78, 5) is 25.9. The van der Waals surface area contributed by atoms with Gasteiger partial charge in [0.05, 0.1) is 0 Å². The Kier molecular flexibility index (Phi) is 4.84. The zero-order chi connectivity index (χ0) is 16.2. The molecule has 1 aromatic carbocycles. The van der Waals surface area contributed by atoms with Crippen LogP contribution in [0.15, 0.2) is 24.3 Å². The van der Waals surface area contributed by atoms with Crippen LogP contribution in [0.4, 0.5) is 10.5 Å². The van der Waals surface area contributed by atoms with Crippen LogP contribution in [0.25, 0.3) is 0 Å². The van der Waals surface area contributed by atoms with Gasteiger partial charge in [-0.1, -0.05) is 24.6 Å². The zero-order valence-electron chi connectivity index (χ0n) is 13.7. The van der Waals surface area contributed by atoms with Gasteiger partial charge in [0.15, 0.2) is 0 Å². The summed E-state index contributed by atoms with van der Waals surface area (Å²) in [7, 11) is 0. The van der Waals surface area contributed by atoms with Crippen molar-refractivity contribution in [2.45, 2.75) is 51.6 Å². The van der Waals surface area contributed by atoms with Gasteiger partial charge >= 0.3 is 6.03 Å². The van der Waals surface area contributed by atoms with E-state index in [0.717, 1.165) is 30.6 Å². The van der Waals surface area contributed by atoms with Crippen LogP contribution in [0.1, 0.15) is 44.6 Å². The van der Waals surface area contributed by atoms with Crippen LogP contribution in [0.2, 0.25) is 0 Å². The normalized spacial score (nSPS) is 23.3. The molecule has 1 saturated carbocycles. The number of carbonyl (C=O) groups excluding carboxylic acids is 2. The van der Waals surface area contributed by atoms with Crippen molar-refractivity contribution in [2.24, 2.45) is 5.92 Å². The van der Waals surface area contributed by atoms with Gasteiger partial charge in [-0.25, -0.2) is 4.79 Å². The predicted molar refractivity (Wildman–Crippen MR) is 90.1 cm³/mol. The van der Waals surface area contributed by atoms with E-state index in [1.807, 2.05) is 29.2 Å². The largest absolute Gasteiger partial charge is 0.334 e. The number of hydrogen-bond donors (Lipinski definition) is 2. The number of nitrogens with one attached hydrogen (secondary N) is 2. The maximum absolute atomic E-state index is 12.6. The molecular weight excluding hydrogens is 290 g/mol. The highest BCUT2D eigenvalue weighted by Gasteiger charge is 2.37. The van der Waals surface area contributed by atoms with Crippen LogP contribution in [-0.2, 0) is 11.3 Å². The molecule has 2 fully saturated rings. The minimum Gasteiger partial charge on any atom is -0.334 e. The lowest BCUT2D eigenvalue weighted by molar-refractivity contribution is -0.114. The Morgan fingerprint density at radius 1 is 1.17 bits per heavy atom. The average molecular weight is 315 g/mol. The number of likely N-dealkylation sites (tertiary alicyclic amines) is 1. The van der Waals surface area contributed by atoms with Crippen molar-refractivity contribution in [3.8, 4) is 0 Å². The minimum absolute atomic E-state index is 0.0271. The van der Waals surface area contributed by atoms with Crippen LogP contribution in [0.3, 0.4) is 0 Å². The monoisotopic (exact) mass is 315 g/mol. The highest BCUT2D eigenvalue weighted by Crippen LogP contribution is 2.36. The second-order valence-corrected chi connectivity index (χ2v) is 6.59. The van der Waals surface area contributed by atoms with Gasteiger partial charge in [0.25, 0.3) is 0 Å². The minimum atomic E-state index is -0.103. The summed E-state index contributed by atoms with van der Waals surface area (Å²) in [6.45, 7) is 2.78. The van der Waals surface area contributed by atoms with E-state index in [-0.39, 0.29) is 11.9 Å². The molecule has 5 nitrogen and oxygen atoms in total. The van der Waals surface area contributed by atoms with Gasteiger partial charge < -0.3 is 15.5 Å². The summed E-state index contributed by atoms with van der Waals surface area (Å²) in [6, 6.07) is 8.04. The summed E-state index contributed by atoms with van der Waals surface area (Å²) in [5, 5.41) is 5.84. The number of urea groups is 1.